The number of halogens is 1. The Morgan fingerprint density at radius 2 is 1.86 bits per heavy atom. The number of carbonyl (C=O) groups is 1. The molecule has 1 saturated heterocycles. The number of hydrogen-bond acceptors (Lipinski definition) is 3. The lowest BCUT2D eigenvalue weighted by Crippen LogP contribution is -2.37. The van der Waals surface area contributed by atoms with E-state index in [0.717, 1.165) is 18.7 Å². The maximum Gasteiger partial charge on any atom is 0.254 e. The average molecular weight is 308 g/mol. The Kier molecular flexibility index (Phi) is 6.70. The van der Waals surface area contributed by atoms with E-state index in [9.17, 15) is 4.79 Å². The van der Waals surface area contributed by atoms with E-state index in [4.69, 9.17) is 11.6 Å². The van der Waals surface area contributed by atoms with Gasteiger partial charge in [-0.1, -0.05) is 49.1 Å². The summed E-state index contributed by atoms with van der Waals surface area (Å²) < 4.78 is 0. The Balaban J connectivity index is 1.77. The smallest absolute Gasteiger partial charge is 0.254 e. The molecule has 21 heavy (non-hydrogen) atoms. The van der Waals surface area contributed by atoms with Gasteiger partial charge in [-0.3, -0.25) is 9.69 Å². The second kappa shape index (κ2) is 8.80. The summed E-state index contributed by atoms with van der Waals surface area (Å²) in [7, 11) is 0. The largest absolute Gasteiger partial charge is 0.294 e. The van der Waals surface area contributed by atoms with Crippen molar-refractivity contribution < 1.29 is 4.79 Å². The molecule has 0 radical (unpaired) electrons. The third-order valence-electron chi connectivity index (χ3n) is 3.61. The van der Waals surface area contributed by atoms with E-state index in [2.05, 4.69) is 15.4 Å². The molecule has 2 rings (SSSR count). The van der Waals surface area contributed by atoms with Crippen LogP contribution in [0.15, 0.2) is 29.4 Å². The van der Waals surface area contributed by atoms with Crippen LogP contribution >= 0.6 is 11.6 Å². The van der Waals surface area contributed by atoms with Crippen molar-refractivity contribution in [2.45, 2.75) is 32.1 Å². The van der Waals surface area contributed by atoms with Crippen molar-refractivity contribution in [3.05, 3.63) is 34.9 Å². The molecule has 4 nitrogen and oxygen atoms in total. The molecule has 1 amide bonds. The number of rotatable bonds is 4. The van der Waals surface area contributed by atoms with E-state index in [-0.39, 0.29) is 5.91 Å². The molecule has 0 atom stereocenters. The van der Waals surface area contributed by atoms with Gasteiger partial charge >= 0.3 is 0 Å². The number of nitrogens with zero attached hydrogens (tertiary/aromatic N) is 2. The number of hydrogen-bond donors (Lipinski definition) is 1. The molecule has 5 heteroatoms. The highest BCUT2D eigenvalue weighted by Crippen LogP contribution is 2.12. The molecule has 0 spiro atoms. The molecular formula is C16H22ClN3O. The molecule has 0 aliphatic carbocycles. The van der Waals surface area contributed by atoms with Crippen molar-refractivity contribution in [1.29, 1.82) is 0 Å². The van der Waals surface area contributed by atoms with Crippen LogP contribution in [0.25, 0.3) is 0 Å². The monoisotopic (exact) mass is 307 g/mol. The molecule has 1 aromatic carbocycles. The van der Waals surface area contributed by atoms with Crippen molar-refractivity contribution in [2.75, 3.05) is 19.6 Å². The second-order valence-electron chi connectivity index (χ2n) is 5.36. The lowest BCUT2D eigenvalue weighted by atomic mass is 10.1. The first-order valence-electron chi connectivity index (χ1n) is 7.54. The summed E-state index contributed by atoms with van der Waals surface area (Å²) in [5.41, 5.74) is 3.37. The van der Waals surface area contributed by atoms with Crippen LogP contribution in [-0.2, 0) is 4.79 Å². The summed E-state index contributed by atoms with van der Waals surface area (Å²) in [5, 5.41) is 4.60. The van der Waals surface area contributed by atoms with Crippen LogP contribution in [0.1, 0.15) is 37.7 Å². The van der Waals surface area contributed by atoms with E-state index in [1.54, 1.807) is 12.3 Å². The van der Waals surface area contributed by atoms with Gasteiger partial charge in [0.05, 0.1) is 12.8 Å². The van der Waals surface area contributed by atoms with Crippen molar-refractivity contribution in [3.8, 4) is 0 Å². The normalized spacial score (nSPS) is 17.4. The number of amides is 1. The molecule has 0 bridgehead atoms. The van der Waals surface area contributed by atoms with Gasteiger partial charge in [-0.25, -0.2) is 5.43 Å². The summed E-state index contributed by atoms with van der Waals surface area (Å²) in [5.74, 6) is -0.0705. The van der Waals surface area contributed by atoms with Gasteiger partial charge < -0.3 is 0 Å². The van der Waals surface area contributed by atoms with Crippen LogP contribution in [0.3, 0.4) is 0 Å². The van der Waals surface area contributed by atoms with Crippen LogP contribution in [0.4, 0.5) is 0 Å². The topological polar surface area (TPSA) is 44.7 Å². The lowest BCUT2D eigenvalue weighted by molar-refractivity contribution is -0.122. The van der Waals surface area contributed by atoms with Crippen LogP contribution in [0.5, 0.6) is 0 Å². The van der Waals surface area contributed by atoms with Gasteiger partial charge in [-0.05, 0) is 32.0 Å². The highest BCUT2D eigenvalue weighted by molar-refractivity contribution is 6.33. The summed E-state index contributed by atoms with van der Waals surface area (Å²) in [6.07, 6.45) is 7.79. The van der Waals surface area contributed by atoms with Crippen molar-refractivity contribution in [1.82, 2.24) is 10.3 Å². The van der Waals surface area contributed by atoms with Gasteiger partial charge in [0.15, 0.2) is 0 Å². The number of hydrazone groups is 1. The number of benzene rings is 1. The van der Waals surface area contributed by atoms with Crippen molar-refractivity contribution in [2.24, 2.45) is 5.10 Å². The van der Waals surface area contributed by atoms with Crippen LogP contribution in [0.2, 0.25) is 5.02 Å². The average Bonchev–Trinajstić information content (AvgIpc) is 2.44. The van der Waals surface area contributed by atoms with E-state index >= 15 is 0 Å². The number of nitrogens with one attached hydrogen (secondary N) is 1. The van der Waals surface area contributed by atoms with Gasteiger partial charge in [-0.15, -0.1) is 0 Å². The predicted molar refractivity (Wildman–Crippen MR) is 86.7 cm³/mol. The Bertz CT molecular complexity index is 482. The highest BCUT2D eigenvalue weighted by Gasteiger charge is 2.11. The molecule has 114 valence electrons. The van der Waals surface area contributed by atoms with Gasteiger partial charge in [0.1, 0.15) is 0 Å². The maximum atomic E-state index is 11.9. The third-order valence-corrected chi connectivity index (χ3v) is 3.96. The number of carbonyl (C=O) groups excluding carboxylic acids is 1. The number of likely N-dealkylation sites (tertiary alicyclic amines) is 1. The predicted octanol–water partition coefficient (Wildman–Crippen LogP) is 3.06. The lowest BCUT2D eigenvalue weighted by Gasteiger charge is -2.23. The molecule has 0 saturated carbocycles. The Hall–Kier alpha value is -1.39. The van der Waals surface area contributed by atoms with Gasteiger partial charge in [0.2, 0.25) is 0 Å². The zero-order valence-corrected chi connectivity index (χ0v) is 13.0. The minimum atomic E-state index is -0.0705. The minimum Gasteiger partial charge on any atom is -0.294 e. The second-order valence-corrected chi connectivity index (χ2v) is 5.77. The zero-order valence-electron chi connectivity index (χ0n) is 12.2. The fourth-order valence-corrected chi connectivity index (χ4v) is 2.65. The first-order valence-corrected chi connectivity index (χ1v) is 7.92. The van der Waals surface area contributed by atoms with Crippen molar-refractivity contribution >= 4 is 23.7 Å². The SMILES string of the molecule is O=C(CN1CCCCCCC1)N/N=C/c1ccccc1Cl. The van der Waals surface area contributed by atoms with E-state index in [1.807, 2.05) is 18.2 Å². The molecule has 0 unspecified atom stereocenters. The molecule has 0 aromatic heterocycles. The summed E-state index contributed by atoms with van der Waals surface area (Å²) in [6, 6.07) is 7.40. The molecule has 1 fully saturated rings. The Morgan fingerprint density at radius 3 is 2.57 bits per heavy atom. The fourth-order valence-electron chi connectivity index (χ4n) is 2.46. The van der Waals surface area contributed by atoms with E-state index < -0.39 is 0 Å². The molecule has 1 aliphatic heterocycles. The van der Waals surface area contributed by atoms with E-state index in [1.165, 1.54) is 32.1 Å². The standard InChI is InChI=1S/C16H22ClN3O/c17-15-9-5-4-8-14(15)12-18-19-16(21)13-20-10-6-2-1-3-7-11-20/h4-5,8-9,12H,1-3,6-7,10-11,13H2,(H,19,21)/b18-12+. The van der Waals surface area contributed by atoms with E-state index in [0.29, 0.717) is 11.6 Å². The molecule has 1 heterocycles. The van der Waals surface area contributed by atoms with Gasteiger partial charge in [0.25, 0.3) is 5.91 Å². The maximum absolute atomic E-state index is 11.9. The zero-order chi connectivity index (χ0) is 14.9. The first kappa shape index (κ1) is 16.0. The van der Waals surface area contributed by atoms with Crippen LogP contribution < -0.4 is 5.43 Å². The summed E-state index contributed by atoms with van der Waals surface area (Å²) >= 11 is 6.02. The van der Waals surface area contributed by atoms with Crippen LogP contribution in [-0.4, -0.2) is 36.7 Å². The molecule has 1 N–H and O–H groups in total. The third kappa shape index (κ3) is 5.86. The quantitative estimate of drug-likeness (QED) is 0.686. The summed E-state index contributed by atoms with van der Waals surface area (Å²) in [6.45, 7) is 2.42. The highest BCUT2D eigenvalue weighted by atomic mass is 35.5. The molecule has 1 aliphatic rings. The van der Waals surface area contributed by atoms with Crippen LogP contribution in [0, 0.1) is 0 Å². The van der Waals surface area contributed by atoms with Gasteiger partial charge in [0, 0.05) is 10.6 Å². The minimum absolute atomic E-state index is 0.0705. The summed E-state index contributed by atoms with van der Waals surface area (Å²) in [4.78, 5) is 14.1. The fraction of sp³-hybridized carbons (Fsp3) is 0.500. The molecular weight excluding hydrogens is 286 g/mol. The first-order chi connectivity index (χ1) is 10.3. The Labute approximate surface area is 131 Å². The van der Waals surface area contributed by atoms with Crippen molar-refractivity contribution in [3.63, 3.8) is 0 Å². The van der Waals surface area contributed by atoms with Gasteiger partial charge in [-0.2, -0.15) is 5.10 Å². The molecule has 1 aromatic rings. The Morgan fingerprint density at radius 1 is 1.19 bits per heavy atom.